The Bertz CT molecular complexity index is 636. The third-order valence-electron chi connectivity index (χ3n) is 2.78. The molecule has 19 heavy (non-hydrogen) atoms. The highest BCUT2D eigenvalue weighted by molar-refractivity contribution is 6.12. The Labute approximate surface area is 108 Å². The van der Waals surface area contributed by atoms with E-state index in [9.17, 15) is 9.59 Å². The van der Waals surface area contributed by atoms with Crippen LogP contribution in [0.15, 0.2) is 29.3 Å². The standard InChI is InChI=1S/C12H10N4O3/c17-11(16-9-5-13-3-4-14-9)7-6-19-8-1-2-15-12(18)10(7)8/h3-6H,1-2H2,(H,15,18)(H,14,16,17). The van der Waals surface area contributed by atoms with Gasteiger partial charge in [-0.15, -0.1) is 0 Å². The van der Waals surface area contributed by atoms with Gasteiger partial charge in [-0.3, -0.25) is 14.6 Å². The van der Waals surface area contributed by atoms with Gasteiger partial charge in [-0.05, 0) is 0 Å². The van der Waals surface area contributed by atoms with Crippen LogP contribution < -0.4 is 10.6 Å². The molecule has 2 aromatic heterocycles. The molecule has 7 heteroatoms. The lowest BCUT2D eigenvalue weighted by Crippen LogP contribution is -2.32. The lowest BCUT2D eigenvalue weighted by Gasteiger charge is -2.12. The summed E-state index contributed by atoms with van der Waals surface area (Å²) >= 11 is 0. The van der Waals surface area contributed by atoms with Gasteiger partial charge in [0, 0.05) is 25.4 Å². The van der Waals surface area contributed by atoms with E-state index in [-0.39, 0.29) is 11.5 Å². The van der Waals surface area contributed by atoms with E-state index in [1.165, 1.54) is 24.9 Å². The van der Waals surface area contributed by atoms with E-state index in [2.05, 4.69) is 20.6 Å². The first kappa shape index (κ1) is 11.4. The molecule has 2 amide bonds. The maximum atomic E-state index is 12.1. The van der Waals surface area contributed by atoms with Gasteiger partial charge in [-0.2, -0.15) is 0 Å². The molecule has 7 nitrogen and oxygen atoms in total. The third-order valence-corrected chi connectivity index (χ3v) is 2.78. The van der Waals surface area contributed by atoms with E-state index >= 15 is 0 Å². The minimum Gasteiger partial charge on any atom is -0.468 e. The van der Waals surface area contributed by atoms with Crippen LogP contribution in [-0.4, -0.2) is 28.3 Å². The van der Waals surface area contributed by atoms with Crippen molar-refractivity contribution in [3.05, 3.63) is 41.7 Å². The minimum absolute atomic E-state index is 0.206. The highest BCUT2D eigenvalue weighted by atomic mass is 16.3. The van der Waals surface area contributed by atoms with Crippen molar-refractivity contribution in [2.24, 2.45) is 0 Å². The smallest absolute Gasteiger partial charge is 0.260 e. The number of anilines is 1. The summed E-state index contributed by atoms with van der Waals surface area (Å²) in [5.74, 6) is 0.119. The molecule has 0 atom stereocenters. The fourth-order valence-electron chi connectivity index (χ4n) is 1.92. The summed E-state index contributed by atoms with van der Waals surface area (Å²) in [7, 11) is 0. The van der Waals surface area contributed by atoms with Crippen LogP contribution in [-0.2, 0) is 6.42 Å². The van der Waals surface area contributed by atoms with Crippen molar-refractivity contribution in [2.75, 3.05) is 11.9 Å². The molecule has 0 unspecified atom stereocenters. The molecule has 2 N–H and O–H groups in total. The first-order chi connectivity index (χ1) is 9.25. The van der Waals surface area contributed by atoms with Crippen LogP contribution in [0.3, 0.4) is 0 Å². The molecule has 3 rings (SSSR count). The fraction of sp³-hybridized carbons (Fsp3) is 0.167. The second kappa shape index (κ2) is 4.52. The highest BCUT2D eigenvalue weighted by Crippen LogP contribution is 2.21. The van der Waals surface area contributed by atoms with E-state index in [1.807, 2.05) is 0 Å². The molecule has 0 bridgehead atoms. The Morgan fingerprint density at radius 2 is 2.32 bits per heavy atom. The Morgan fingerprint density at radius 3 is 3.11 bits per heavy atom. The van der Waals surface area contributed by atoms with Gasteiger partial charge < -0.3 is 15.1 Å². The molecule has 96 valence electrons. The average molecular weight is 258 g/mol. The second-order valence-corrected chi connectivity index (χ2v) is 4.00. The average Bonchev–Trinajstić information content (AvgIpc) is 2.85. The van der Waals surface area contributed by atoms with Crippen LogP contribution in [0.5, 0.6) is 0 Å². The monoisotopic (exact) mass is 258 g/mol. The molecule has 0 radical (unpaired) electrons. The predicted molar refractivity (Wildman–Crippen MR) is 64.7 cm³/mol. The van der Waals surface area contributed by atoms with Crippen LogP contribution >= 0.6 is 0 Å². The number of nitrogens with zero attached hydrogens (tertiary/aromatic N) is 2. The lowest BCUT2D eigenvalue weighted by molar-refractivity contribution is 0.0931. The molecule has 2 aromatic rings. The summed E-state index contributed by atoms with van der Waals surface area (Å²) in [6.07, 6.45) is 6.27. The van der Waals surface area contributed by atoms with Gasteiger partial charge in [-0.1, -0.05) is 0 Å². The van der Waals surface area contributed by atoms with Gasteiger partial charge in [0.05, 0.1) is 17.3 Å². The number of carbonyl (C=O) groups is 2. The zero-order valence-corrected chi connectivity index (χ0v) is 9.84. The second-order valence-electron chi connectivity index (χ2n) is 4.00. The summed E-state index contributed by atoms with van der Waals surface area (Å²) in [6.45, 7) is 0.518. The van der Waals surface area contributed by atoms with Gasteiger partial charge in [-0.25, -0.2) is 4.98 Å². The van der Waals surface area contributed by atoms with Gasteiger partial charge in [0.1, 0.15) is 12.0 Å². The van der Waals surface area contributed by atoms with Crippen molar-refractivity contribution in [3.8, 4) is 0 Å². The molecule has 0 aromatic carbocycles. The number of rotatable bonds is 2. The Morgan fingerprint density at radius 1 is 1.42 bits per heavy atom. The molecule has 0 saturated carbocycles. The minimum atomic E-state index is -0.442. The first-order valence-corrected chi connectivity index (χ1v) is 5.71. The van der Waals surface area contributed by atoms with E-state index in [0.717, 1.165) is 0 Å². The number of fused-ring (bicyclic) bond motifs is 1. The molecule has 0 aliphatic carbocycles. The maximum Gasteiger partial charge on any atom is 0.260 e. The SMILES string of the molecule is O=C(Nc1cnccn1)c1coc2c1C(=O)NCC2. The molecular formula is C12H10N4O3. The number of hydrogen-bond acceptors (Lipinski definition) is 5. The van der Waals surface area contributed by atoms with Crippen LogP contribution in [0.1, 0.15) is 26.5 Å². The lowest BCUT2D eigenvalue weighted by atomic mass is 10.0. The quantitative estimate of drug-likeness (QED) is 0.822. The van der Waals surface area contributed by atoms with E-state index in [0.29, 0.717) is 30.1 Å². The number of aromatic nitrogens is 2. The zero-order chi connectivity index (χ0) is 13.2. The number of carbonyl (C=O) groups excluding carboxylic acids is 2. The predicted octanol–water partition coefficient (Wildman–Crippen LogP) is 0.608. The maximum absolute atomic E-state index is 12.1. The van der Waals surface area contributed by atoms with Gasteiger partial charge in [0.25, 0.3) is 11.8 Å². The zero-order valence-electron chi connectivity index (χ0n) is 9.84. The summed E-state index contributed by atoms with van der Waals surface area (Å²) in [5, 5.41) is 5.24. The van der Waals surface area contributed by atoms with Crippen LogP contribution in [0.4, 0.5) is 5.82 Å². The van der Waals surface area contributed by atoms with Gasteiger partial charge in [0.15, 0.2) is 5.82 Å². The van der Waals surface area contributed by atoms with Crippen molar-refractivity contribution in [1.82, 2.24) is 15.3 Å². The van der Waals surface area contributed by atoms with E-state index < -0.39 is 5.91 Å². The largest absolute Gasteiger partial charge is 0.468 e. The number of furan rings is 1. The van der Waals surface area contributed by atoms with Gasteiger partial charge >= 0.3 is 0 Å². The van der Waals surface area contributed by atoms with Crippen LogP contribution in [0.25, 0.3) is 0 Å². The third kappa shape index (κ3) is 2.05. The Kier molecular flexibility index (Phi) is 2.71. The number of hydrogen-bond donors (Lipinski definition) is 2. The molecule has 1 aliphatic heterocycles. The molecule has 1 aliphatic rings. The Hall–Kier alpha value is -2.70. The summed E-state index contributed by atoms with van der Waals surface area (Å²) in [4.78, 5) is 31.6. The molecule has 0 saturated heterocycles. The summed E-state index contributed by atoms with van der Waals surface area (Å²) in [5.41, 5.74) is 0.505. The normalized spacial score (nSPS) is 13.6. The first-order valence-electron chi connectivity index (χ1n) is 5.71. The molecule has 3 heterocycles. The van der Waals surface area contributed by atoms with Gasteiger partial charge in [0.2, 0.25) is 0 Å². The molecule has 0 fully saturated rings. The van der Waals surface area contributed by atoms with E-state index in [1.54, 1.807) is 0 Å². The Balaban J connectivity index is 1.89. The summed E-state index contributed by atoms with van der Waals surface area (Å²) < 4.78 is 5.26. The van der Waals surface area contributed by atoms with Crippen LogP contribution in [0.2, 0.25) is 0 Å². The fourth-order valence-corrected chi connectivity index (χ4v) is 1.92. The van der Waals surface area contributed by atoms with Crippen molar-refractivity contribution < 1.29 is 14.0 Å². The van der Waals surface area contributed by atoms with Crippen molar-refractivity contribution in [2.45, 2.75) is 6.42 Å². The highest BCUT2D eigenvalue weighted by Gasteiger charge is 2.27. The number of amides is 2. The summed E-state index contributed by atoms with van der Waals surface area (Å²) in [6, 6.07) is 0. The van der Waals surface area contributed by atoms with E-state index in [4.69, 9.17) is 4.42 Å². The number of nitrogens with one attached hydrogen (secondary N) is 2. The molecular weight excluding hydrogens is 248 g/mol. The van der Waals surface area contributed by atoms with Crippen LogP contribution in [0, 0.1) is 0 Å². The molecule has 0 spiro atoms. The van der Waals surface area contributed by atoms with Crippen molar-refractivity contribution in [3.63, 3.8) is 0 Å². The topological polar surface area (TPSA) is 97.1 Å². The van der Waals surface area contributed by atoms with Crippen molar-refractivity contribution in [1.29, 1.82) is 0 Å². The van der Waals surface area contributed by atoms with Crippen molar-refractivity contribution >= 4 is 17.6 Å².